The average molecular weight is 271 g/mol. The molecule has 0 aliphatic carbocycles. The van der Waals surface area contributed by atoms with Crippen LogP contribution >= 0.6 is 0 Å². The van der Waals surface area contributed by atoms with Gasteiger partial charge in [-0.05, 0) is 36.8 Å². The molecule has 0 aromatic heterocycles. The van der Waals surface area contributed by atoms with Crippen LogP contribution in [0.5, 0.6) is 5.75 Å². The number of carbonyl (C=O) groups is 1. The summed E-state index contributed by atoms with van der Waals surface area (Å²) in [6.45, 7) is 1.35. The van der Waals surface area contributed by atoms with Crippen molar-refractivity contribution in [2.75, 3.05) is 18.5 Å². The molecule has 4 nitrogen and oxygen atoms in total. The highest BCUT2D eigenvalue weighted by Crippen LogP contribution is 2.11. The van der Waals surface area contributed by atoms with Crippen LogP contribution in [0.25, 0.3) is 0 Å². The van der Waals surface area contributed by atoms with Crippen LogP contribution < -0.4 is 10.1 Å². The summed E-state index contributed by atoms with van der Waals surface area (Å²) in [5.41, 5.74) is 1.10. The fourth-order valence-corrected chi connectivity index (χ4v) is 1.77. The Kier molecular flexibility index (Phi) is 5.00. The van der Waals surface area contributed by atoms with Gasteiger partial charge in [0.1, 0.15) is 5.75 Å². The molecule has 0 radical (unpaired) electrons. The van der Waals surface area contributed by atoms with Gasteiger partial charge < -0.3 is 15.2 Å². The molecule has 0 heterocycles. The van der Waals surface area contributed by atoms with Gasteiger partial charge in [-0.25, -0.2) is 4.79 Å². The van der Waals surface area contributed by atoms with Crippen LogP contribution in [-0.2, 0) is 0 Å². The van der Waals surface area contributed by atoms with Crippen molar-refractivity contribution in [1.82, 2.24) is 0 Å². The van der Waals surface area contributed by atoms with Gasteiger partial charge in [0, 0.05) is 12.2 Å². The Morgan fingerprint density at radius 3 is 2.65 bits per heavy atom. The zero-order chi connectivity index (χ0) is 14.2. The van der Waals surface area contributed by atoms with Crippen LogP contribution in [0.4, 0.5) is 5.69 Å². The Balaban J connectivity index is 1.71. The number of hydrogen-bond acceptors (Lipinski definition) is 3. The van der Waals surface area contributed by atoms with Gasteiger partial charge in [0.25, 0.3) is 0 Å². The largest absolute Gasteiger partial charge is 0.494 e. The molecule has 0 aliphatic heterocycles. The van der Waals surface area contributed by atoms with E-state index < -0.39 is 5.97 Å². The number of anilines is 1. The van der Waals surface area contributed by atoms with E-state index in [1.807, 2.05) is 36.4 Å². The minimum absolute atomic E-state index is 0.288. The molecule has 2 rings (SSSR count). The van der Waals surface area contributed by atoms with Crippen molar-refractivity contribution in [3.05, 3.63) is 60.2 Å². The van der Waals surface area contributed by atoms with Gasteiger partial charge in [-0.15, -0.1) is 0 Å². The fraction of sp³-hybridized carbons (Fsp3) is 0.188. The predicted molar refractivity (Wildman–Crippen MR) is 78.4 cm³/mol. The first kappa shape index (κ1) is 13.9. The van der Waals surface area contributed by atoms with Crippen LogP contribution in [0, 0.1) is 0 Å². The van der Waals surface area contributed by atoms with E-state index in [0.29, 0.717) is 6.61 Å². The second kappa shape index (κ2) is 7.19. The van der Waals surface area contributed by atoms with Crippen LogP contribution in [0.15, 0.2) is 54.6 Å². The number of nitrogens with one attached hydrogen (secondary N) is 1. The molecule has 0 atom stereocenters. The molecule has 2 N–H and O–H groups in total. The maximum absolute atomic E-state index is 10.8. The van der Waals surface area contributed by atoms with E-state index in [1.54, 1.807) is 18.2 Å². The van der Waals surface area contributed by atoms with Crippen molar-refractivity contribution in [1.29, 1.82) is 0 Å². The Hall–Kier alpha value is -2.49. The summed E-state index contributed by atoms with van der Waals surface area (Å²) in [7, 11) is 0. The van der Waals surface area contributed by atoms with Gasteiger partial charge in [-0.3, -0.25) is 0 Å². The second-order valence-electron chi connectivity index (χ2n) is 4.33. The minimum Gasteiger partial charge on any atom is -0.494 e. The van der Waals surface area contributed by atoms with E-state index >= 15 is 0 Å². The Labute approximate surface area is 118 Å². The van der Waals surface area contributed by atoms with Crippen LogP contribution in [0.3, 0.4) is 0 Å². The normalized spacial score (nSPS) is 10.0. The maximum Gasteiger partial charge on any atom is 0.335 e. The molecule has 2 aromatic carbocycles. The summed E-state index contributed by atoms with van der Waals surface area (Å²) >= 11 is 0. The highest BCUT2D eigenvalue weighted by Gasteiger charge is 2.02. The molecular weight excluding hydrogens is 254 g/mol. The Bertz CT molecular complexity index is 555. The van der Waals surface area contributed by atoms with E-state index in [9.17, 15) is 4.79 Å². The first-order valence-corrected chi connectivity index (χ1v) is 6.51. The van der Waals surface area contributed by atoms with Gasteiger partial charge in [0.05, 0.1) is 12.2 Å². The number of rotatable bonds is 7. The Morgan fingerprint density at radius 2 is 1.90 bits per heavy atom. The molecular formula is C16H17NO3. The number of ether oxygens (including phenoxy) is 1. The van der Waals surface area contributed by atoms with E-state index in [1.165, 1.54) is 0 Å². The predicted octanol–water partition coefficient (Wildman–Crippen LogP) is 3.27. The van der Waals surface area contributed by atoms with E-state index in [2.05, 4.69) is 5.32 Å². The molecule has 104 valence electrons. The van der Waals surface area contributed by atoms with E-state index in [-0.39, 0.29) is 5.56 Å². The number of aromatic carboxylic acids is 1. The van der Waals surface area contributed by atoms with Crippen LogP contribution in [0.1, 0.15) is 16.8 Å². The van der Waals surface area contributed by atoms with Crippen molar-refractivity contribution in [2.24, 2.45) is 0 Å². The third-order valence-corrected chi connectivity index (χ3v) is 2.77. The molecule has 0 amide bonds. The molecule has 0 fully saturated rings. The Morgan fingerprint density at radius 1 is 1.10 bits per heavy atom. The maximum atomic E-state index is 10.8. The molecule has 2 aromatic rings. The smallest absolute Gasteiger partial charge is 0.335 e. The third-order valence-electron chi connectivity index (χ3n) is 2.77. The minimum atomic E-state index is -0.916. The summed E-state index contributed by atoms with van der Waals surface area (Å²) < 4.78 is 5.57. The van der Waals surface area contributed by atoms with Gasteiger partial charge in [0.15, 0.2) is 0 Å². The monoisotopic (exact) mass is 271 g/mol. The number of carboxylic acid groups (broad SMARTS) is 1. The fourth-order valence-electron chi connectivity index (χ4n) is 1.77. The van der Waals surface area contributed by atoms with E-state index in [4.69, 9.17) is 9.84 Å². The summed E-state index contributed by atoms with van der Waals surface area (Å²) in [6.07, 6.45) is 0.839. The average Bonchev–Trinajstić information content (AvgIpc) is 2.48. The first-order valence-electron chi connectivity index (χ1n) is 6.51. The highest BCUT2D eigenvalue weighted by atomic mass is 16.5. The zero-order valence-corrected chi connectivity index (χ0v) is 11.1. The van der Waals surface area contributed by atoms with Crippen molar-refractivity contribution >= 4 is 11.7 Å². The number of carboxylic acids is 1. The molecule has 0 unspecified atom stereocenters. The molecule has 0 saturated heterocycles. The lowest BCUT2D eigenvalue weighted by molar-refractivity contribution is 0.0697. The molecule has 0 bridgehead atoms. The summed E-state index contributed by atoms with van der Waals surface area (Å²) in [6, 6.07) is 16.4. The molecule has 0 spiro atoms. The summed E-state index contributed by atoms with van der Waals surface area (Å²) in [5.74, 6) is -0.0542. The summed E-state index contributed by atoms with van der Waals surface area (Å²) in [5, 5.41) is 12.1. The number of benzene rings is 2. The lowest BCUT2D eigenvalue weighted by Crippen LogP contribution is -2.08. The van der Waals surface area contributed by atoms with Crippen molar-refractivity contribution in [3.8, 4) is 5.75 Å². The zero-order valence-electron chi connectivity index (χ0n) is 11.1. The lowest BCUT2D eigenvalue weighted by Gasteiger charge is -2.08. The molecule has 20 heavy (non-hydrogen) atoms. The first-order chi connectivity index (χ1) is 9.75. The quantitative estimate of drug-likeness (QED) is 0.759. The topological polar surface area (TPSA) is 58.6 Å². The van der Waals surface area contributed by atoms with Gasteiger partial charge in [-0.1, -0.05) is 24.3 Å². The van der Waals surface area contributed by atoms with Crippen molar-refractivity contribution in [2.45, 2.75) is 6.42 Å². The molecule has 0 saturated carbocycles. The van der Waals surface area contributed by atoms with Crippen LogP contribution in [-0.4, -0.2) is 24.2 Å². The van der Waals surface area contributed by atoms with Crippen molar-refractivity contribution in [3.63, 3.8) is 0 Å². The van der Waals surface area contributed by atoms with Gasteiger partial charge in [0.2, 0.25) is 0 Å². The van der Waals surface area contributed by atoms with Gasteiger partial charge in [-0.2, -0.15) is 0 Å². The second-order valence-corrected chi connectivity index (χ2v) is 4.33. The highest BCUT2D eigenvalue weighted by molar-refractivity contribution is 5.88. The molecule has 4 heteroatoms. The lowest BCUT2D eigenvalue weighted by atomic mass is 10.2. The SMILES string of the molecule is O=C(O)c1cccc(NCCCOc2ccccc2)c1. The number of hydrogen-bond donors (Lipinski definition) is 2. The summed E-state index contributed by atoms with van der Waals surface area (Å²) in [4.78, 5) is 10.8. The third kappa shape index (κ3) is 4.31. The number of para-hydroxylation sites is 1. The van der Waals surface area contributed by atoms with Crippen LogP contribution in [0.2, 0.25) is 0 Å². The van der Waals surface area contributed by atoms with Gasteiger partial charge >= 0.3 is 5.97 Å². The molecule has 0 aliphatic rings. The van der Waals surface area contributed by atoms with Crippen molar-refractivity contribution < 1.29 is 14.6 Å². The standard InChI is InChI=1S/C16H17NO3/c18-16(19)13-6-4-7-14(12-13)17-10-5-11-20-15-8-2-1-3-9-15/h1-4,6-9,12,17H,5,10-11H2,(H,18,19). The van der Waals surface area contributed by atoms with E-state index in [0.717, 1.165) is 24.4 Å².